The second-order valence-electron chi connectivity index (χ2n) is 4.54. The maximum absolute atomic E-state index is 12.0. The molecule has 0 aliphatic heterocycles. The molecule has 0 saturated heterocycles. The van der Waals surface area contributed by atoms with Crippen LogP contribution in [0.15, 0.2) is 42.5 Å². The van der Waals surface area contributed by atoms with Crippen LogP contribution in [-0.4, -0.2) is 16.1 Å². The molecule has 0 saturated carbocycles. The molecule has 1 unspecified atom stereocenters. The van der Waals surface area contributed by atoms with Gasteiger partial charge in [-0.3, -0.25) is 4.79 Å². The summed E-state index contributed by atoms with van der Waals surface area (Å²) < 4.78 is 0. The minimum Gasteiger partial charge on any atom is -0.507 e. The first kappa shape index (κ1) is 13.9. The van der Waals surface area contributed by atoms with Gasteiger partial charge in [-0.25, -0.2) is 0 Å². The van der Waals surface area contributed by atoms with Crippen molar-refractivity contribution in [1.29, 1.82) is 0 Å². The molecule has 2 aromatic carbocycles. The number of hydrogen-bond acceptors (Lipinski definition) is 4. The van der Waals surface area contributed by atoms with Crippen LogP contribution in [-0.2, 0) is 0 Å². The van der Waals surface area contributed by atoms with Gasteiger partial charge in [0.25, 0.3) is 5.91 Å². The van der Waals surface area contributed by atoms with Crippen LogP contribution in [0.25, 0.3) is 0 Å². The van der Waals surface area contributed by atoms with Gasteiger partial charge in [-0.05, 0) is 36.8 Å². The fourth-order valence-electron chi connectivity index (χ4n) is 1.82. The quantitative estimate of drug-likeness (QED) is 0.689. The van der Waals surface area contributed by atoms with Gasteiger partial charge in [0, 0.05) is 11.7 Å². The van der Waals surface area contributed by atoms with Crippen molar-refractivity contribution in [1.82, 2.24) is 0 Å². The summed E-state index contributed by atoms with van der Waals surface area (Å²) in [6, 6.07) is 11.1. The Morgan fingerprint density at radius 1 is 1.10 bits per heavy atom. The summed E-state index contributed by atoms with van der Waals surface area (Å²) in [5, 5.41) is 21.8. The summed E-state index contributed by atoms with van der Waals surface area (Å²) >= 11 is 0. The van der Waals surface area contributed by atoms with E-state index in [2.05, 4.69) is 5.32 Å². The zero-order chi connectivity index (χ0) is 14.7. The zero-order valence-electron chi connectivity index (χ0n) is 11.0. The molecular formula is C15H16N2O3. The van der Waals surface area contributed by atoms with E-state index < -0.39 is 5.91 Å². The highest BCUT2D eigenvalue weighted by atomic mass is 16.3. The van der Waals surface area contributed by atoms with Gasteiger partial charge >= 0.3 is 0 Å². The van der Waals surface area contributed by atoms with Gasteiger partial charge in [0.15, 0.2) is 0 Å². The Morgan fingerprint density at radius 3 is 2.15 bits per heavy atom. The first-order valence-corrected chi connectivity index (χ1v) is 6.17. The van der Waals surface area contributed by atoms with Gasteiger partial charge in [-0.2, -0.15) is 0 Å². The van der Waals surface area contributed by atoms with Crippen molar-refractivity contribution in [3.05, 3.63) is 53.6 Å². The summed E-state index contributed by atoms with van der Waals surface area (Å²) in [5.74, 6) is -1.11. The lowest BCUT2D eigenvalue weighted by Gasteiger charge is -2.10. The Kier molecular flexibility index (Phi) is 3.91. The van der Waals surface area contributed by atoms with E-state index in [-0.39, 0.29) is 23.1 Å². The molecule has 0 aromatic heterocycles. The number of phenolic OH excluding ortho intramolecular Hbond substituents is 2. The number of nitrogens with two attached hydrogens (primary N) is 1. The highest BCUT2D eigenvalue weighted by Crippen LogP contribution is 2.27. The number of carbonyl (C=O) groups excluding carboxylic acids is 1. The van der Waals surface area contributed by atoms with Crippen LogP contribution in [0.3, 0.4) is 0 Å². The Morgan fingerprint density at radius 2 is 1.65 bits per heavy atom. The van der Waals surface area contributed by atoms with Gasteiger partial charge in [0.05, 0.1) is 0 Å². The van der Waals surface area contributed by atoms with E-state index in [9.17, 15) is 15.0 Å². The predicted molar refractivity (Wildman–Crippen MR) is 76.8 cm³/mol. The summed E-state index contributed by atoms with van der Waals surface area (Å²) in [7, 11) is 0. The summed E-state index contributed by atoms with van der Waals surface area (Å²) in [5.41, 5.74) is 7.10. The maximum atomic E-state index is 12.0. The van der Waals surface area contributed by atoms with E-state index in [0.717, 1.165) is 5.56 Å². The van der Waals surface area contributed by atoms with Crippen LogP contribution in [0.2, 0.25) is 0 Å². The Balaban J connectivity index is 2.19. The Bertz CT molecular complexity index is 601. The van der Waals surface area contributed by atoms with Gasteiger partial charge < -0.3 is 21.3 Å². The Hall–Kier alpha value is -2.53. The van der Waals surface area contributed by atoms with Gasteiger partial charge in [0.1, 0.15) is 17.1 Å². The molecule has 5 N–H and O–H groups in total. The highest BCUT2D eigenvalue weighted by Gasteiger charge is 2.16. The summed E-state index contributed by atoms with van der Waals surface area (Å²) in [6.45, 7) is 1.87. The van der Waals surface area contributed by atoms with Gasteiger partial charge in [-0.15, -0.1) is 0 Å². The van der Waals surface area contributed by atoms with E-state index in [1.54, 1.807) is 12.1 Å². The molecule has 5 nitrogen and oxygen atoms in total. The molecule has 0 aliphatic carbocycles. The average Bonchev–Trinajstić information content (AvgIpc) is 2.39. The van der Waals surface area contributed by atoms with E-state index in [0.29, 0.717) is 5.69 Å². The molecule has 5 heteroatoms. The fraction of sp³-hybridized carbons (Fsp3) is 0.133. The normalized spacial score (nSPS) is 11.9. The number of benzene rings is 2. The second kappa shape index (κ2) is 5.63. The molecule has 0 bridgehead atoms. The lowest BCUT2D eigenvalue weighted by molar-refractivity contribution is 0.102. The number of phenols is 2. The third-order valence-corrected chi connectivity index (χ3v) is 2.94. The number of carbonyl (C=O) groups is 1. The molecule has 0 aliphatic rings. The van der Waals surface area contributed by atoms with E-state index >= 15 is 0 Å². The summed E-state index contributed by atoms with van der Waals surface area (Å²) in [6.07, 6.45) is 0. The molecule has 0 radical (unpaired) electrons. The van der Waals surface area contributed by atoms with E-state index in [1.807, 2.05) is 19.1 Å². The van der Waals surface area contributed by atoms with Crippen molar-refractivity contribution < 1.29 is 15.0 Å². The molecule has 2 rings (SSSR count). The topological polar surface area (TPSA) is 95.6 Å². The molecule has 20 heavy (non-hydrogen) atoms. The molecule has 2 aromatic rings. The van der Waals surface area contributed by atoms with Crippen LogP contribution in [0.1, 0.15) is 28.9 Å². The fourth-order valence-corrected chi connectivity index (χ4v) is 1.82. The van der Waals surface area contributed by atoms with Gasteiger partial charge in [0.2, 0.25) is 0 Å². The SMILES string of the molecule is CC(N)c1ccc(NC(=O)c2c(O)cccc2O)cc1. The molecule has 0 spiro atoms. The number of amides is 1. The van der Waals surface area contributed by atoms with Crippen molar-refractivity contribution in [3.8, 4) is 11.5 Å². The predicted octanol–water partition coefficient (Wildman–Crippen LogP) is 2.37. The second-order valence-corrected chi connectivity index (χ2v) is 4.54. The molecule has 1 atom stereocenters. The van der Waals surface area contributed by atoms with E-state index in [4.69, 9.17) is 5.73 Å². The van der Waals surface area contributed by atoms with Crippen molar-refractivity contribution in [2.75, 3.05) is 5.32 Å². The van der Waals surface area contributed by atoms with E-state index in [1.165, 1.54) is 18.2 Å². The minimum absolute atomic E-state index is 0.0815. The van der Waals surface area contributed by atoms with Crippen molar-refractivity contribution in [3.63, 3.8) is 0 Å². The van der Waals surface area contributed by atoms with Gasteiger partial charge in [-0.1, -0.05) is 18.2 Å². The molecule has 0 fully saturated rings. The first-order valence-electron chi connectivity index (χ1n) is 6.17. The number of hydrogen-bond donors (Lipinski definition) is 4. The largest absolute Gasteiger partial charge is 0.507 e. The number of nitrogens with one attached hydrogen (secondary N) is 1. The molecule has 0 heterocycles. The monoisotopic (exact) mass is 272 g/mol. The number of anilines is 1. The standard InChI is InChI=1S/C15H16N2O3/c1-9(16)10-5-7-11(8-6-10)17-15(20)14-12(18)3-2-4-13(14)19/h2-9,18-19H,16H2,1H3,(H,17,20). The number of rotatable bonds is 3. The van der Waals surface area contributed by atoms with Crippen LogP contribution < -0.4 is 11.1 Å². The molecular weight excluding hydrogens is 256 g/mol. The molecule has 104 valence electrons. The van der Waals surface area contributed by atoms with Crippen LogP contribution >= 0.6 is 0 Å². The van der Waals surface area contributed by atoms with Crippen molar-refractivity contribution in [2.45, 2.75) is 13.0 Å². The van der Waals surface area contributed by atoms with Crippen LogP contribution in [0.5, 0.6) is 11.5 Å². The van der Waals surface area contributed by atoms with Crippen molar-refractivity contribution >= 4 is 11.6 Å². The highest BCUT2D eigenvalue weighted by molar-refractivity contribution is 6.08. The lowest BCUT2D eigenvalue weighted by Crippen LogP contribution is -2.12. The maximum Gasteiger partial charge on any atom is 0.263 e. The molecule has 1 amide bonds. The third kappa shape index (κ3) is 2.89. The number of aromatic hydroxyl groups is 2. The smallest absolute Gasteiger partial charge is 0.263 e. The Labute approximate surface area is 116 Å². The first-order chi connectivity index (χ1) is 9.49. The lowest BCUT2D eigenvalue weighted by atomic mass is 10.1. The minimum atomic E-state index is -0.575. The van der Waals surface area contributed by atoms with Crippen LogP contribution in [0, 0.1) is 0 Å². The average molecular weight is 272 g/mol. The third-order valence-electron chi connectivity index (χ3n) is 2.94. The summed E-state index contributed by atoms with van der Waals surface area (Å²) in [4.78, 5) is 12.0. The zero-order valence-corrected chi connectivity index (χ0v) is 11.0. The van der Waals surface area contributed by atoms with Crippen LogP contribution in [0.4, 0.5) is 5.69 Å². The van der Waals surface area contributed by atoms with Crippen molar-refractivity contribution in [2.24, 2.45) is 5.73 Å².